The van der Waals surface area contributed by atoms with E-state index in [1.54, 1.807) is 0 Å². The van der Waals surface area contributed by atoms with Crippen molar-refractivity contribution in [2.24, 2.45) is 0 Å². The molecule has 0 aliphatic carbocycles. The Balaban J connectivity index is 1.83. The molecule has 0 radical (unpaired) electrons. The highest BCUT2D eigenvalue weighted by Crippen LogP contribution is 2.17. The number of hydrogen-bond acceptors (Lipinski definition) is 2. The predicted molar refractivity (Wildman–Crippen MR) is 82.9 cm³/mol. The Bertz CT molecular complexity index is 607. The number of nitrogens with zero attached hydrogens (tertiary/aromatic N) is 1. The lowest BCUT2D eigenvalue weighted by atomic mass is 10.1. The first kappa shape index (κ1) is 14.8. The fourth-order valence-electron chi connectivity index (χ4n) is 2.02. The molecule has 1 amide bonds. The van der Waals surface area contributed by atoms with Gasteiger partial charge in [0.15, 0.2) is 0 Å². The summed E-state index contributed by atoms with van der Waals surface area (Å²) >= 11 is 3.41. The normalized spacial score (nSPS) is 10.6. The van der Waals surface area contributed by atoms with E-state index in [0.29, 0.717) is 12.1 Å². The van der Waals surface area contributed by atoms with Crippen molar-refractivity contribution in [2.75, 3.05) is 6.54 Å². The molecule has 0 unspecified atom stereocenters. The van der Waals surface area contributed by atoms with Gasteiger partial charge in [0.05, 0.1) is 11.8 Å². The Kier molecular flexibility index (Phi) is 4.95. The summed E-state index contributed by atoms with van der Waals surface area (Å²) in [5.74, 6) is -0.0375. The molecule has 0 atom stereocenters. The monoisotopic (exact) mass is 335 g/mol. The average molecular weight is 336 g/mol. The van der Waals surface area contributed by atoms with E-state index in [0.717, 1.165) is 28.6 Å². The smallest absolute Gasteiger partial charge is 0.252 e. The van der Waals surface area contributed by atoms with E-state index < -0.39 is 0 Å². The van der Waals surface area contributed by atoms with Crippen LogP contribution in [0.15, 0.2) is 28.9 Å². The first-order valence-electron chi connectivity index (χ1n) is 6.61. The van der Waals surface area contributed by atoms with E-state index >= 15 is 0 Å². The van der Waals surface area contributed by atoms with Crippen LogP contribution in [0.5, 0.6) is 0 Å². The lowest BCUT2D eigenvalue weighted by molar-refractivity contribution is 0.0952. The van der Waals surface area contributed by atoms with Crippen molar-refractivity contribution in [2.45, 2.75) is 26.7 Å². The molecule has 0 fully saturated rings. The highest BCUT2D eigenvalue weighted by Gasteiger charge is 2.09. The summed E-state index contributed by atoms with van der Waals surface area (Å²) in [5.41, 5.74) is 4.06. The maximum Gasteiger partial charge on any atom is 0.252 e. The van der Waals surface area contributed by atoms with Gasteiger partial charge in [-0.1, -0.05) is 11.6 Å². The number of carbonyl (C=O) groups is 1. The topological polar surface area (TPSA) is 57.8 Å². The third-order valence-electron chi connectivity index (χ3n) is 3.21. The second-order valence-electron chi connectivity index (χ2n) is 4.86. The van der Waals surface area contributed by atoms with Crippen LogP contribution < -0.4 is 5.32 Å². The minimum atomic E-state index is -0.0375. The molecule has 2 N–H and O–H groups in total. The molecular weight excluding hydrogens is 318 g/mol. The minimum absolute atomic E-state index is 0.0375. The molecule has 1 heterocycles. The van der Waals surface area contributed by atoms with Crippen LogP contribution in [0.25, 0.3) is 0 Å². The molecule has 20 heavy (non-hydrogen) atoms. The Hall–Kier alpha value is -1.62. The van der Waals surface area contributed by atoms with Crippen LogP contribution in [-0.4, -0.2) is 22.6 Å². The van der Waals surface area contributed by atoms with E-state index in [1.807, 2.05) is 38.2 Å². The van der Waals surface area contributed by atoms with Gasteiger partial charge < -0.3 is 5.32 Å². The number of carbonyl (C=O) groups excluding carboxylic acids is 1. The van der Waals surface area contributed by atoms with Gasteiger partial charge in [0.1, 0.15) is 0 Å². The largest absolute Gasteiger partial charge is 0.352 e. The van der Waals surface area contributed by atoms with Crippen LogP contribution in [0.1, 0.15) is 33.6 Å². The quantitative estimate of drug-likeness (QED) is 0.824. The van der Waals surface area contributed by atoms with Crippen LogP contribution in [-0.2, 0) is 6.42 Å². The lowest BCUT2D eigenvalue weighted by Crippen LogP contribution is -2.25. The highest BCUT2D eigenvalue weighted by molar-refractivity contribution is 9.10. The molecule has 0 bridgehead atoms. The van der Waals surface area contributed by atoms with Crippen molar-refractivity contribution < 1.29 is 4.79 Å². The van der Waals surface area contributed by atoms with Crippen molar-refractivity contribution in [1.82, 2.24) is 15.5 Å². The summed E-state index contributed by atoms with van der Waals surface area (Å²) in [7, 11) is 0. The summed E-state index contributed by atoms with van der Waals surface area (Å²) < 4.78 is 0.825. The van der Waals surface area contributed by atoms with E-state index in [2.05, 4.69) is 31.4 Å². The number of amides is 1. The Morgan fingerprint density at radius 2 is 2.20 bits per heavy atom. The molecule has 2 aromatic rings. The summed E-state index contributed by atoms with van der Waals surface area (Å²) in [4.78, 5) is 12.1. The number of nitrogens with one attached hydrogen (secondary N) is 2. The molecule has 0 aliphatic rings. The minimum Gasteiger partial charge on any atom is -0.352 e. The van der Waals surface area contributed by atoms with Crippen molar-refractivity contribution in [3.8, 4) is 0 Å². The Morgan fingerprint density at radius 3 is 2.90 bits per heavy atom. The molecule has 4 nitrogen and oxygen atoms in total. The molecule has 1 aromatic carbocycles. The standard InChI is InChI=1S/C15H18BrN3O/c1-10-5-6-14(16)13(8-10)15(20)17-7-3-4-12-9-18-19-11(12)2/h5-6,8-9H,3-4,7H2,1-2H3,(H,17,20)(H,18,19). The van der Waals surface area contributed by atoms with Crippen molar-refractivity contribution >= 4 is 21.8 Å². The lowest BCUT2D eigenvalue weighted by Gasteiger charge is -2.07. The second-order valence-corrected chi connectivity index (χ2v) is 5.72. The molecule has 0 saturated heterocycles. The number of aryl methyl sites for hydroxylation is 3. The number of aromatic amines is 1. The summed E-state index contributed by atoms with van der Waals surface area (Å²) in [5, 5.41) is 9.85. The summed E-state index contributed by atoms with van der Waals surface area (Å²) in [6.45, 7) is 4.64. The molecule has 106 valence electrons. The number of hydrogen-bond donors (Lipinski definition) is 2. The number of rotatable bonds is 5. The second kappa shape index (κ2) is 6.70. The van der Waals surface area contributed by atoms with Crippen LogP contribution in [0.2, 0.25) is 0 Å². The molecule has 0 aliphatic heterocycles. The maximum atomic E-state index is 12.1. The van der Waals surface area contributed by atoms with Gasteiger partial charge in [-0.25, -0.2) is 0 Å². The molecule has 2 rings (SSSR count). The van der Waals surface area contributed by atoms with Gasteiger partial charge in [-0.15, -0.1) is 0 Å². The van der Waals surface area contributed by atoms with Gasteiger partial charge in [-0.3, -0.25) is 9.89 Å². The van der Waals surface area contributed by atoms with Gasteiger partial charge in [0, 0.05) is 16.7 Å². The zero-order chi connectivity index (χ0) is 14.5. The predicted octanol–water partition coefficient (Wildman–Crippen LogP) is 3.15. The SMILES string of the molecule is Cc1ccc(Br)c(C(=O)NCCCc2cn[nH]c2C)c1. The van der Waals surface area contributed by atoms with Crippen molar-refractivity contribution in [3.05, 3.63) is 51.3 Å². The van der Waals surface area contributed by atoms with Crippen LogP contribution in [0, 0.1) is 13.8 Å². The van der Waals surface area contributed by atoms with Gasteiger partial charge in [-0.05, 0) is 60.3 Å². The van der Waals surface area contributed by atoms with E-state index in [4.69, 9.17) is 0 Å². The number of benzene rings is 1. The fourth-order valence-corrected chi connectivity index (χ4v) is 2.44. The third kappa shape index (κ3) is 3.70. The molecule has 5 heteroatoms. The average Bonchev–Trinajstić information content (AvgIpc) is 2.83. The first-order valence-corrected chi connectivity index (χ1v) is 7.40. The Labute approximate surface area is 127 Å². The number of aromatic nitrogens is 2. The van der Waals surface area contributed by atoms with Crippen molar-refractivity contribution in [1.29, 1.82) is 0 Å². The Morgan fingerprint density at radius 1 is 1.40 bits per heavy atom. The number of H-pyrrole nitrogens is 1. The third-order valence-corrected chi connectivity index (χ3v) is 3.90. The maximum absolute atomic E-state index is 12.1. The summed E-state index contributed by atoms with van der Waals surface area (Å²) in [6, 6.07) is 5.77. The van der Waals surface area contributed by atoms with E-state index in [9.17, 15) is 4.79 Å². The zero-order valence-electron chi connectivity index (χ0n) is 11.7. The molecule has 0 spiro atoms. The van der Waals surface area contributed by atoms with Crippen molar-refractivity contribution in [3.63, 3.8) is 0 Å². The highest BCUT2D eigenvalue weighted by atomic mass is 79.9. The van der Waals surface area contributed by atoms with E-state index in [1.165, 1.54) is 5.56 Å². The van der Waals surface area contributed by atoms with Crippen LogP contribution >= 0.6 is 15.9 Å². The molecule has 0 saturated carbocycles. The molecular formula is C15H18BrN3O. The van der Waals surface area contributed by atoms with Gasteiger partial charge in [-0.2, -0.15) is 5.10 Å². The molecule has 1 aromatic heterocycles. The summed E-state index contributed by atoms with van der Waals surface area (Å²) in [6.07, 6.45) is 3.65. The van der Waals surface area contributed by atoms with Gasteiger partial charge in [0.25, 0.3) is 5.91 Å². The number of halogens is 1. The van der Waals surface area contributed by atoms with Gasteiger partial charge in [0.2, 0.25) is 0 Å². The fraction of sp³-hybridized carbons (Fsp3) is 0.333. The van der Waals surface area contributed by atoms with Crippen LogP contribution in [0.4, 0.5) is 0 Å². The zero-order valence-corrected chi connectivity index (χ0v) is 13.3. The van der Waals surface area contributed by atoms with E-state index in [-0.39, 0.29) is 5.91 Å². The van der Waals surface area contributed by atoms with Gasteiger partial charge >= 0.3 is 0 Å². The first-order chi connectivity index (χ1) is 9.58. The van der Waals surface area contributed by atoms with Crippen LogP contribution in [0.3, 0.4) is 0 Å².